The number of nitrogens with two attached hydrogens (primary N) is 1. The molecule has 0 aliphatic carbocycles. The number of hydrogen-bond acceptors (Lipinski definition) is 10. The van der Waals surface area contributed by atoms with E-state index in [4.69, 9.17) is 25.4 Å². The molecular formula is C44H65F2N5O8. The van der Waals surface area contributed by atoms with Crippen molar-refractivity contribution in [3.8, 4) is 11.1 Å². The van der Waals surface area contributed by atoms with Gasteiger partial charge >= 0.3 is 11.9 Å². The van der Waals surface area contributed by atoms with Crippen molar-refractivity contribution in [3.63, 3.8) is 0 Å². The summed E-state index contributed by atoms with van der Waals surface area (Å²) in [5, 5.41) is 24.1. The highest BCUT2D eigenvalue weighted by Gasteiger charge is 2.31. The minimum absolute atomic E-state index is 0.0185. The van der Waals surface area contributed by atoms with Gasteiger partial charge in [-0.15, -0.1) is 0 Å². The van der Waals surface area contributed by atoms with E-state index in [0.29, 0.717) is 18.7 Å². The molecule has 7 N–H and O–H groups in total. The Bertz CT molecular complexity index is 1800. The summed E-state index contributed by atoms with van der Waals surface area (Å²) in [6, 6.07) is 12.8. The van der Waals surface area contributed by atoms with Crippen LogP contribution in [0.4, 0.5) is 8.78 Å². The SMILES string of the molecule is CC(C)(C)OC(=O)CC[C@H](NC(=O)CCNC(=O)[C@@H](N)CCN[C@@H](c1cc(-c2cc(F)ccc2F)cn1Cc1ccccc1)C(C)(C)C)C(=O)OC(C)(C)C.OCCO. The summed E-state index contributed by atoms with van der Waals surface area (Å²) in [7, 11) is 0. The predicted molar refractivity (Wildman–Crippen MR) is 223 cm³/mol. The Morgan fingerprint density at radius 3 is 2.02 bits per heavy atom. The molecule has 0 saturated heterocycles. The molecule has 3 atom stereocenters. The first-order valence-electron chi connectivity index (χ1n) is 19.9. The zero-order valence-corrected chi connectivity index (χ0v) is 36.0. The molecular weight excluding hydrogens is 765 g/mol. The average molecular weight is 830 g/mol. The van der Waals surface area contributed by atoms with E-state index in [1.165, 1.54) is 6.07 Å². The first kappa shape index (κ1) is 50.4. The molecule has 0 fully saturated rings. The quantitative estimate of drug-likeness (QED) is 0.0917. The lowest BCUT2D eigenvalue weighted by molar-refractivity contribution is -0.160. The van der Waals surface area contributed by atoms with Crippen LogP contribution in [0.3, 0.4) is 0 Å². The van der Waals surface area contributed by atoms with Crippen LogP contribution in [-0.2, 0) is 35.2 Å². The van der Waals surface area contributed by atoms with E-state index in [1.807, 2.05) is 47.2 Å². The van der Waals surface area contributed by atoms with E-state index in [0.717, 1.165) is 23.4 Å². The highest BCUT2D eigenvalue weighted by Crippen LogP contribution is 2.37. The Labute approximate surface area is 347 Å². The normalized spacial score (nSPS) is 13.3. The van der Waals surface area contributed by atoms with Gasteiger partial charge in [0.05, 0.1) is 25.3 Å². The number of esters is 2. The van der Waals surface area contributed by atoms with E-state index in [2.05, 4.69) is 36.7 Å². The maximum absolute atomic E-state index is 14.9. The van der Waals surface area contributed by atoms with E-state index in [-0.39, 0.29) is 62.5 Å². The van der Waals surface area contributed by atoms with Crippen molar-refractivity contribution in [1.29, 1.82) is 0 Å². The number of ether oxygens (including phenoxy) is 2. The molecule has 0 spiro atoms. The van der Waals surface area contributed by atoms with E-state index >= 15 is 0 Å². The van der Waals surface area contributed by atoms with Crippen molar-refractivity contribution in [2.45, 2.75) is 124 Å². The molecule has 0 saturated carbocycles. The third kappa shape index (κ3) is 18.8. The number of hydrogen-bond donors (Lipinski definition) is 6. The molecule has 15 heteroatoms. The second-order valence-corrected chi connectivity index (χ2v) is 17.3. The van der Waals surface area contributed by atoms with Gasteiger partial charge in [-0.25, -0.2) is 13.6 Å². The van der Waals surface area contributed by atoms with E-state index in [9.17, 15) is 28.0 Å². The summed E-state index contributed by atoms with van der Waals surface area (Å²) >= 11 is 0. The molecule has 1 aromatic heterocycles. The number of benzene rings is 2. The van der Waals surface area contributed by atoms with Crippen LogP contribution in [-0.4, -0.2) is 88.1 Å². The summed E-state index contributed by atoms with van der Waals surface area (Å²) in [5.41, 5.74) is 7.01. The number of carbonyl (C=O) groups excluding carboxylic acids is 4. The van der Waals surface area contributed by atoms with Gasteiger partial charge < -0.3 is 45.9 Å². The number of aliphatic hydroxyl groups excluding tert-OH is 2. The Morgan fingerprint density at radius 1 is 0.814 bits per heavy atom. The summed E-state index contributed by atoms with van der Waals surface area (Å²) in [4.78, 5) is 50.9. The smallest absolute Gasteiger partial charge is 0.329 e. The number of aromatic nitrogens is 1. The van der Waals surface area contributed by atoms with Gasteiger partial charge in [0, 0.05) is 48.9 Å². The Morgan fingerprint density at radius 2 is 1.44 bits per heavy atom. The molecule has 0 aliphatic rings. The second kappa shape index (κ2) is 23.2. The van der Waals surface area contributed by atoms with Crippen LogP contribution in [0.2, 0.25) is 0 Å². The van der Waals surface area contributed by atoms with E-state index in [1.54, 1.807) is 41.5 Å². The molecule has 59 heavy (non-hydrogen) atoms. The van der Waals surface area contributed by atoms with Crippen molar-refractivity contribution in [2.75, 3.05) is 26.3 Å². The van der Waals surface area contributed by atoms with Crippen molar-refractivity contribution in [1.82, 2.24) is 20.5 Å². The summed E-state index contributed by atoms with van der Waals surface area (Å²) in [6.07, 6.45) is 1.83. The number of aliphatic hydroxyl groups is 2. The Balaban J connectivity index is 0.00000286. The zero-order chi connectivity index (χ0) is 44.6. The van der Waals surface area contributed by atoms with Crippen LogP contribution in [0.5, 0.6) is 0 Å². The predicted octanol–water partition coefficient (Wildman–Crippen LogP) is 5.30. The van der Waals surface area contributed by atoms with Crippen LogP contribution in [0, 0.1) is 17.0 Å². The lowest BCUT2D eigenvalue weighted by Crippen LogP contribution is -2.46. The fourth-order valence-corrected chi connectivity index (χ4v) is 5.90. The number of amides is 2. The van der Waals surface area contributed by atoms with Crippen LogP contribution in [0.1, 0.15) is 105 Å². The van der Waals surface area contributed by atoms with Gasteiger partial charge in [-0.2, -0.15) is 0 Å². The van der Waals surface area contributed by atoms with Crippen molar-refractivity contribution < 1.29 is 47.6 Å². The first-order valence-corrected chi connectivity index (χ1v) is 19.9. The molecule has 2 aromatic carbocycles. The molecule has 2 amide bonds. The molecule has 328 valence electrons. The van der Waals surface area contributed by atoms with Gasteiger partial charge in [0.2, 0.25) is 11.8 Å². The Hall–Kier alpha value is -4.70. The van der Waals surface area contributed by atoms with Crippen LogP contribution < -0.4 is 21.7 Å². The third-order valence-corrected chi connectivity index (χ3v) is 8.50. The summed E-state index contributed by atoms with van der Waals surface area (Å²) in [6.45, 7) is 17.1. The monoisotopic (exact) mass is 829 g/mol. The van der Waals surface area contributed by atoms with Gasteiger partial charge in [0.1, 0.15) is 28.9 Å². The molecule has 0 bridgehead atoms. The molecule has 3 aromatic rings. The maximum atomic E-state index is 14.9. The van der Waals surface area contributed by atoms with Crippen LogP contribution in [0.15, 0.2) is 60.8 Å². The minimum atomic E-state index is -1.09. The lowest BCUT2D eigenvalue weighted by atomic mass is 9.84. The second-order valence-electron chi connectivity index (χ2n) is 17.3. The van der Waals surface area contributed by atoms with Crippen molar-refractivity contribution in [3.05, 3.63) is 83.7 Å². The first-order chi connectivity index (χ1) is 27.4. The molecule has 0 radical (unpaired) electrons. The average Bonchev–Trinajstić information content (AvgIpc) is 3.53. The largest absolute Gasteiger partial charge is 0.460 e. The lowest BCUT2D eigenvalue weighted by Gasteiger charge is -2.33. The topological polar surface area (TPSA) is 194 Å². The minimum Gasteiger partial charge on any atom is -0.460 e. The molecule has 3 rings (SSSR count). The number of halogens is 2. The van der Waals surface area contributed by atoms with E-state index < -0.39 is 58.7 Å². The molecule has 0 unspecified atom stereocenters. The van der Waals surface area contributed by atoms with Crippen molar-refractivity contribution >= 4 is 23.8 Å². The van der Waals surface area contributed by atoms with Gasteiger partial charge in [-0.05, 0) is 96.2 Å². The van der Waals surface area contributed by atoms with Gasteiger partial charge in [0.15, 0.2) is 0 Å². The number of nitrogens with zero attached hydrogens (tertiary/aromatic N) is 1. The number of carbonyl (C=O) groups is 4. The van der Waals surface area contributed by atoms with Gasteiger partial charge in [-0.3, -0.25) is 14.4 Å². The zero-order valence-electron chi connectivity index (χ0n) is 36.0. The van der Waals surface area contributed by atoms with Crippen molar-refractivity contribution in [2.24, 2.45) is 11.1 Å². The fraction of sp³-hybridized carbons (Fsp3) is 0.545. The standard InChI is InChI=1S/C42H59F2N5O6.C2H6O2/c1-40(2,3)37(34-23-28(30-24-29(43)15-16-31(30)44)26-49(34)25-27-13-11-10-12-14-27)46-21-19-32(45)38(52)47-22-20-35(50)48-33(39(53)55-42(7,8)9)17-18-36(51)54-41(4,5)6;3-1-2-4/h10-16,23-24,26,32-33,37,46H,17-22,25,45H2,1-9H3,(H,47,52)(H,48,50);3-4H,1-2H2/t32-,33-,37-;/m0./s1. The summed E-state index contributed by atoms with van der Waals surface area (Å²) < 4.78 is 41.9. The maximum Gasteiger partial charge on any atom is 0.329 e. The molecule has 0 aliphatic heterocycles. The van der Waals surface area contributed by atoms with Gasteiger partial charge in [0.25, 0.3) is 0 Å². The Kier molecular flexibility index (Phi) is 19.8. The van der Waals surface area contributed by atoms with Crippen LogP contribution >= 0.6 is 0 Å². The van der Waals surface area contributed by atoms with Gasteiger partial charge in [-0.1, -0.05) is 51.1 Å². The molecule has 1 heterocycles. The number of rotatable bonds is 18. The highest BCUT2D eigenvalue weighted by molar-refractivity contribution is 5.86. The highest BCUT2D eigenvalue weighted by atomic mass is 19.1. The van der Waals surface area contributed by atoms with Crippen LogP contribution in [0.25, 0.3) is 11.1 Å². The molecule has 13 nitrogen and oxygen atoms in total. The third-order valence-electron chi connectivity index (χ3n) is 8.50. The fourth-order valence-electron chi connectivity index (χ4n) is 5.90. The number of nitrogens with one attached hydrogen (secondary N) is 3. The summed E-state index contributed by atoms with van der Waals surface area (Å²) in [5.74, 6) is -3.22.